The summed E-state index contributed by atoms with van der Waals surface area (Å²) in [6.07, 6.45) is 1.91. The van der Waals surface area contributed by atoms with E-state index in [9.17, 15) is 9.18 Å². The van der Waals surface area contributed by atoms with Gasteiger partial charge in [-0.25, -0.2) is 4.39 Å². The van der Waals surface area contributed by atoms with Crippen LogP contribution >= 0.6 is 0 Å². The summed E-state index contributed by atoms with van der Waals surface area (Å²) < 4.78 is 18.2. The zero-order chi connectivity index (χ0) is 10.9. The van der Waals surface area contributed by atoms with E-state index in [2.05, 4.69) is 4.98 Å². The van der Waals surface area contributed by atoms with Gasteiger partial charge in [-0.15, -0.1) is 0 Å². The molecule has 1 aromatic heterocycles. The Morgan fingerprint density at radius 3 is 2.93 bits per heavy atom. The predicted molar refractivity (Wildman–Crippen MR) is 51.7 cm³/mol. The van der Waals surface area contributed by atoms with Crippen molar-refractivity contribution in [2.45, 2.75) is 25.4 Å². The minimum absolute atomic E-state index is 0.162. The Kier molecular flexibility index (Phi) is 2.52. The highest BCUT2D eigenvalue weighted by molar-refractivity contribution is 5.80. The molecular weight excluding hydrogens is 197 g/mol. The molecule has 1 aliphatic heterocycles. The Hall–Kier alpha value is -1.29. The fraction of sp³-hybridized carbons (Fsp3) is 0.455. The monoisotopic (exact) mass is 209 g/mol. The van der Waals surface area contributed by atoms with E-state index < -0.39 is 5.60 Å². The molecule has 2 rings (SSSR count). The van der Waals surface area contributed by atoms with E-state index in [4.69, 9.17) is 4.74 Å². The Morgan fingerprint density at radius 1 is 1.53 bits per heavy atom. The summed E-state index contributed by atoms with van der Waals surface area (Å²) in [4.78, 5) is 15.3. The normalized spacial score (nSPS) is 26.7. The van der Waals surface area contributed by atoms with Crippen LogP contribution in [0.2, 0.25) is 0 Å². The van der Waals surface area contributed by atoms with Crippen molar-refractivity contribution in [1.82, 2.24) is 4.98 Å². The number of halogens is 1. The fourth-order valence-corrected chi connectivity index (χ4v) is 1.76. The molecule has 0 spiro atoms. The molecule has 80 valence electrons. The Morgan fingerprint density at radius 2 is 2.33 bits per heavy atom. The van der Waals surface area contributed by atoms with Crippen LogP contribution in [0.3, 0.4) is 0 Å². The Bertz CT molecular complexity index is 377. The number of ketones is 1. The number of hydrogen-bond acceptors (Lipinski definition) is 3. The molecule has 1 aromatic rings. The summed E-state index contributed by atoms with van der Waals surface area (Å²) in [6, 6.07) is 2.89. The second-order valence-electron chi connectivity index (χ2n) is 3.91. The molecule has 2 heterocycles. The van der Waals surface area contributed by atoms with Crippen molar-refractivity contribution in [3.8, 4) is 0 Å². The molecule has 15 heavy (non-hydrogen) atoms. The quantitative estimate of drug-likeness (QED) is 0.708. The van der Waals surface area contributed by atoms with Crippen molar-refractivity contribution in [2.75, 3.05) is 6.61 Å². The average molecular weight is 209 g/mol. The third-order valence-corrected chi connectivity index (χ3v) is 2.61. The molecule has 0 saturated carbocycles. The van der Waals surface area contributed by atoms with Gasteiger partial charge < -0.3 is 4.74 Å². The maximum Gasteiger partial charge on any atom is 0.141 e. The van der Waals surface area contributed by atoms with Gasteiger partial charge in [0.05, 0.1) is 18.5 Å². The van der Waals surface area contributed by atoms with Gasteiger partial charge >= 0.3 is 0 Å². The van der Waals surface area contributed by atoms with E-state index in [1.807, 2.05) is 6.92 Å². The van der Waals surface area contributed by atoms with Gasteiger partial charge in [-0.2, -0.15) is 0 Å². The first-order valence-corrected chi connectivity index (χ1v) is 4.88. The number of carbonyl (C=O) groups excluding carboxylic acids is 1. The molecule has 0 aliphatic carbocycles. The van der Waals surface area contributed by atoms with Crippen LogP contribution in [0, 0.1) is 5.82 Å². The van der Waals surface area contributed by atoms with Crippen molar-refractivity contribution in [1.29, 1.82) is 0 Å². The number of ether oxygens (including phenoxy) is 1. The molecule has 1 saturated heterocycles. The smallest absolute Gasteiger partial charge is 0.141 e. The molecule has 0 N–H and O–H groups in total. The van der Waals surface area contributed by atoms with Crippen molar-refractivity contribution in [3.05, 3.63) is 29.8 Å². The number of pyridine rings is 1. The highest BCUT2D eigenvalue weighted by atomic mass is 19.1. The number of carbonyl (C=O) groups is 1. The minimum atomic E-state index is -0.691. The average Bonchev–Trinajstić information content (AvgIpc) is 2.18. The second-order valence-corrected chi connectivity index (χ2v) is 3.91. The van der Waals surface area contributed by atoms with Crippen LogP contribution in [-0.2, 0) is 15.1 Å². The van der Waals surface area contributed by atoms with Crippen LogP contribution in [0.5, 0.6) is 0 Å². The predicted octanol–water partition coefficient (Wildman–Crippen LogP) is 1.82. The van der Waals surface area contributed by atoms with Crippen LogP contribution in [0.15, 0.2) is 18.3 Å². The van der Waals surface area contributed by atoms with Crippen LogP contribution in [0.25, 0.3) is 0 Å². The molecular formula is C11H12FNO2. The van der Waals surface area contributed by atoms with E-state index in [-0.39, 0.29) is 11.6 Å². The molecule has 1 aliphatic rings. The lowest BCUT2D eigenvalue weighted by molar-refractivity contribution is -0.139. The van der Waals surface area contributed by atoms with Gasteiger partial charge in [0, 0.05) is 12.8 Å². The number of Topliss-reactive ketones (excluding diaryl/α,β-unsaturated/α-hetero) is 1. The number of hydrogen-bond donors (Lipinski definition) is 0. The lowest BCUT2D eigenvalue weighted by Crippen LogP contribution is -2.35. The van der Waals surface area contributed by atoms with Crippen LogP contribution in [-0.4, -0.2) is 17.4 Å². The fourth-order valence-electron chi connectivity index (χ4n) is 1.76. The van der Waals surface area contributed by atoms with Gasteiger partial charge in [-0.3, -0.25) is 9.78 Å². The summed E-state index contributed by atoms with van der Waals surface area (Å²) in [5.41, 5.74) is -0.0831. The van der Waals surface area contributed by atoms with E-state index in [1.165, 1.54) is 6.07 Å². The highest BCUT2D eigenvalue weighted by Gasteiger charge is 2.35. The molecule has 0 aromatic carbocycles. The first kappa shape index (κ1) is 10.2. The zero-order valence-corrected chi connectivity index (χ0v) is 8.50. The second kappa shape index (κ2) is 3.70. The van der Waals surface area contributed by atoms with Crippen molar-refractivity contribution < 1.29 is 13.9 Å². The maximum atomic E-state index is 12.7. The lowest BCUT2D eigenvalue weighted by atomic mass is 9.91. The molecule has 4 heteroatoms. The molecule has 1 atom stereocenters. The van der Waals surface area contributed by atoms with Crippen molar-refractivity contribution in [3.63, 3.8) is 0 Å². The summed E-state index contributed by atoms with van der Waals surface area (Å²) in [5.74, 6) is -0.223. The molecule has 3 nitrogen and oxygen atoms in total. The molecule has 1 fully saturated rings. The molecule has 0 amide bonds. The van der Waals surface area contributed by atoms with Gasteiger partial charge in [-0.05, 0) is 19.1 Å². The van der Waals surface area contributed by atoms with Gasteiger partial charge in [0.1, 0.15) is 17.2 Å². The molecule has 1 unspecified atom stereocenters. The largest absolute Gasteiger partial charge is 0.368 e. The van der Waals surface area contributed by atoms with Crippen molar-refractivity contribution in [2.24, 2.45) is 0 Å². The van der Waals surface area contributed by atoms with Gasteiger partial charge in [0.25, 0.3) is 0 Å². The van der Waals surface area contributed by atoms with Crippen LogP contribution in [0.4, 0.5) is 4.39 Å². The summed E-state index contributed by atoms with van der Waals surface area (Å²) >= 11 is 0. The molecule has 0 bridgehead atoms. The van der Waals surface area contributed by atoms with Gasteiger partial charge in [0.2, 0.25) is 0 Å². The summed E-state index contributed by atoms with van der Waals surface area (Å²) in [6.45, 7) is 2.22. The Balaban J connectivity index is 2.28. The van der Waals surface area contributed by atoms with E-state index in [0.29, 0.717) is 25.1 Å². The van der Waals surface area contributed by atoms with Gasteiger partial charge in [-0.1, -0.05) is 0 Å². The minimum Gasteiger partial charge on any atom is -0.368 e. The zero-order valence-electron chi connectivity index (χ0n) is 8.50. The first-order chi connectivity index (χ1) is 7.10. The third kappa shape index (κ3) is 2.04. The highest BCUT2D eigenvalue weighted by Crippen LogP contribution is 2.31. The number of rotatable bonds is 1. The maximum absolute atomic E-state index is 12.7. The van der Waals surface area contributed by atoms with Gasteiger partial charge in [0.15, 0.2) is 0 Å². The summed E-state index contributed by atoms with van der Waals surface area (Å²) in [5, 5.41) is 0. The van der Waals surface area contributed by atoms with Crippen LogP contribution in [0.1, 0.15) is 25.5 Å². The standard InChI is InChI=1S/C11H12FNO2/c1-11(6-9(14)4-5-15-11)10-3-2-8(12)7-13-10/h2-3,7H,4-6H2,1H3. The van der Waals surface area contributed by atoms with E-state index in [1.54, 1.807) is 6.07 Å². The van der Waals surface area contributed by atoms with E-state index in [0.717, 1.165) is 6.20 Å². The lowest BCUT2D eigenvalue weighted by Gasteiger charge is -2.32. The molecule has 0 radical (unpaired) electrons. The Labute approximate surface area is 87.3 Å². The summed E-state index contributed by atoms with van der Waals surface area (Å²) in [7, 11) is 0. The number of aromatic nitrogens is 1. The topological polar surface area (TPSA) is 39.2 Å². The third-order valence-electron chi connectivity index (χ3n) is 2.61. The van der Waals surface area contributed by atoms with Crippen molar-refractivity contribution >= 4 is 5.78 Å². The van der Waals surface area contributed by atoms with E-state index >= 15 is 0 Å². The SMILES string of the molecule is CC1(c2ccc(F)cn2)CC(=O)CCO1. The number of nitrogens with zero attached hydrogens (tertiary/aromatic N) is 1. The first-order valence-electron chi connectivity index (χ1n) is 4.88. The van der Waals surface area contributed by atoms with Crippen LogP contribution < -0.4 is 0 Å².